The van der Waals surface area contributed by atoms with Crippen molar-refractivity contribution in [3.63, 3.8) is 0 Å². The third-order valence-corrected chi connectivity index (χ3v) is 3.15. The number of ether oxygens (including phenoxy) is 1. The Morgan fingerprint density at radius 3 is 2.54 bits per heavy atom. The fourth-order valence-electron chi connectivity index (χ4n) is 1.99. The predicted molar refractivity (Wildman–Crippen MR) is 84.7 cm³/mol. The maximum Gasteiger partial charge on any atom is 0.243 e. The van der Waals surface area contributed by atoms with Gasteiger partial charge in [0.15, 0.2) is 11.6 Å². The molecule has 0 saturated heterocycles. The first-order valence-electron chi connectivity index (χ1n) is 7.12. The van der Waals surface area contributed by atoms with E-state index in [0.29, 0.717) is 5.75 Å². The third kappa shape index (κ3) is 5.05. The van der Waals surface area contributed by atoms with Crippen molar-refractivity contribution in [1.29, 1.82) is 0 Å². The first-order chi connectivity index (χ1) is 11.5. The largest absolute Gasteiger partial charge is 0.497 e. The number of hydrogen-bond acceptors (Lipinski definition) is 3. The molecule has 0 aliphatic rings. The van der Waals surface area contributed by atoms with Crippen molar-refractivity contribution in [1.82, 2.24) is 5.32 Å². The topological polar surface area (TPSA) is 67.4 Å². The summed E-state index contributed by atoms with van der Waals surface area (Å²) in [6.45, 7) is -0.276. The fraction of sp³-hybridized carbons (Fsp3) is 0.176. The van der Waals surface area contributed by atoms with Crippen LogP contribution in [-0.4, -0.2) is 25.5 Å². The second-order valence-corrected chi connectivity index (χ2v) is 4.98. The van der Waals surface area contributed by atoms with Gasteiger partial charge in [0.2, 0.25) is 11.8 Å². The molecule has 0 saturated carbocycles. The molecule has 2 rings (SSSR count). The lowest BCUT2D eigenvalue weighted by Crippen LogP contribution is -2.33. The molecule has 5 nitrogen and oxygen atoms in total. The highest BCUT2D eigenvalue weighted by molar-refractivity contribution is 5.94. The molecule has 0 spiro atoms. The Labute approximate surface area is 137 Å². The van der Waals surface area contributed by atoms with Crippen LogP contribution < -0.4 is 15.4 Å². The van der Waals surface area contributed by atoms with Crippen LogP contribution >= 0.6 is 0 Å². The summed E-state index contributed by atoms with van der Waals surface area (Å²) in [5.41, 5.74) is 0.855. The van der Waals surface area contributed by atoms with E-state index in [1.54, 1.807) is 24.3 Å². The van der Waals surface area contributed by atoms with Gasteiger partial charge in [0.05, 0.1) is 20.1 Å². The van der Waals surface area contributed by atoms with Crippen LogP contribution in [0.25, 0.3) is 0 Å². The fourth-order valence-corrected chi connectivity index (χ4v) is 1.99. The van der Waals surface area contributed by atoms with Crippen LogP contribution in [0.15, 0.2) is 42.5 Å². The maximum absolute atomic E-state index is 13.0. The van der Waals surface area contributed by atoms with Crippen molar-refractivity contribution in [2.24, 2.45) is 0 Å². The summed E-state index contributed by atoms with van der Waals surface area (Å²) in [7, 11) is 1.53. The van der Waals surface area contributed by atoms with E-state index < -0.39 is 17.5 Å². The molecule has 0 bridgehead atoms. The van der Waals surface area contributed by atoms with Gasteiger partial charge in [0, 0.05) is 11.8 Å². The minimum atomic E-state index is -1.06. The number of carbonyl (C=O) groups is 2. The molecular weight excluding hydrogens is 318 g/mol. The zero-order valence-corrected chi connectivity index (χ0v) is 12.9. The summed E-state index contributed by atoms with van der Waals surface area (Å²) >= 11 is 0. The molecule has 0 aliphatic heterocycles. The van der Waals surface area contributed by atoms with E-state index in [1.165, 1.54) is 13.2 Å². The molecule has 2 N–H and O–H groups in total. The third-order valence-electron chi connectivity index (χ3n) is 3.15. The molecule has 7 heteroatoms. The van der Waals surface area contributed by atoms with Gasteiger partial charge in [0.25, 0.3) is 0 Å². The molecule has 0 unspecified atom stereocenters. The average molecular weight is 334 g/mol. The van der Waals surface area contributed by atoms with Crippen LogP contribution in [0.4, 0.5) is 14.5 Å². The Morgan fingerprint density at radius 2 is 1.83 bits per heavy atom. The highest BCUT2D eigenvalue weighted by Gasteiger charge is 2.09. The Balaban J connectivity index is 1.82. The normalized spacial score (nSPS) is 10.1. The molecule has 0 fully saturated rings. The summed E-state index contributed by atoms with van der Waals surface area (Å²) in [6.07, 6.45) is 0.0929. The molecule has 2 aromatic carbocycles. The number of amides is 2. The molecule has 2 amide bonds. The zero-order valence-electron chi connectivity index (χ0n) is 12.9. The van der Waals surface area contributed by atoms with Gasteiger partial charge in [-0.3, -0.25) is 9.59 Å². The Hall–Kier alpha value is -2.96. The van der Waals surface area contributed by atoms with Gasteiger partial charge in [-0.05, 0) is 29.8 Å². The van der Waals surface area contributed by atoms with Crippen LogP contribution in [0, 0.1) is 11.6 Å². The Morgan fingerprint density at radius 1 is 1.04 bits per heavy atom. The molecule has 0 aromatic heterocycles. The van der Waals surface area contributed by atoms with Gasteiger partial charge in [-0.15, -0.1) is 0 Å². The number of anilines is 1. The zero-order chi connectivity index (χ0) is 17.5. The van der Waals surface area contributed by atoms with Crippen LogP contribution in [0.5, 0.6) is 5.75 Å². The monoisotopic (exact) mass is 334 g/mol. The van der Waals surface area contributed by atoms with Gasteiger partial charge in [-0.1, -0.05) is 12.1 Å². The highest BCUT2D eigenvalue weighted by atomic mass is 19.2. The second kappa shape index (κ2) is 8.05. The summed E-state index contributed by atoms with van der Waals surface area (Å²) < 4.78 is 30.9. The van der Waals surface area contributed by atoms with Crippen LogP contribution in [0.1, 0.15) is 5.56 Å². The second-order valence-electron chi connectivity index (χ2n) is 4.98. The Kier molecular flexibility index (Phi) is 5.83. The molecule has 2 aromatic rings. The van der Waals surface area contributed by atoms with Crippen molar-refractivity contribution in [3.8, 4) is 5.75 Å². The lowest BCUT2D eigenvalue weighted by Gasteiger charge is -2.08. The van der Waals surface area contributed by atoms with E-state index in [9.17, 15) is 18.4 Å². The van der Waals surface area contributed by atoms with E-state index >= 15 is 0 Å². The molecule has 0 aliphatic carbocycles. The number of methoxy groups -OCH3 is 1. The summed E-state index contributed by atoms with van der Waals surface area (Å²) in [5, 5.41) is 4.82. The van der Waals surface area contributed by atoms with Gasteiger partial charge >= 0.3 is 0 Å². The first kappa shape index (κ1) is 17.4. The van der Waals surface area contributed by atoms with Crippen molar-refractivity contribution >= 4 is 17.5 Å². The lowest BCUT2D eigenvalue weighted by atomic mass is 10.1. The molecule has 0 atom stereocenters. The average Bonchev–Trinajstić information content (AvgIpc) is 2.56. The summed E-state index contributed by atoms with van der Waals surface area (Å²) in [4.78, 5) is 23.5. The minimum absolute atomic E-state index is 0.0929. The Bertz CT molecular complexity index is 750. The minimum Gasteiger partial charge on any atom is -0.497 e. The highest BCUT2D eigenvalue weighted by Crippen LogP contribution is 2.13. The molecule has 24 heavy (non-hydrogen) atoms. The van der Waals surface area contributed by atoms with Crippen LogP contribution in [-0.2, 0) is 16.0 Å². The smallest absolute Gasteiger partial charge is 0.243 e. The molecule has 0 heterocycles. The van der Waals surface area contributed by atoms with Crippen molar-refractivity contribution in [2.45, 2.75) is 6.42 Å². The van der Waals surface area contributed by atoms with Crippen molar-refractivity contribution in [3.05, 3.63) is 59.7 Å². The van der Waals surface area contributed by atoms with Crippen LogP contribution in [0.3, 0.4) is 0 Å². The lowest BCUT2D eigenvalue weighted by molar-refractivity contribution is -0.123. The van der Waals surface area contributed by atoms with E-state index in [0.717, 1.165) is 17.7 Å². The predicted octanol–water partition coefficient (Wildman–Crippen LogP) is 2.27. The van der Waals surface area contributed by atoms with E-state index in [2.05, 4.69) is 10.6 Å². The van der Waals surface area contributed by atoms with E-state index in [-0.39, 0.29) is 24.6 Å². The molecule has 0 radical (unpaired) electrons. The number of halogens is 2. The van der Waals surface area contributed by atoms with Gasteiger partial charge in [0.1, 0.15) is 5.75 Å². The van der Waals surface area contributed by atoms with Crippen molar-refractivity contribution in [2.75, 3.05) is 19.0 Å². The molecular formula is C17H16F2N2O3. The van der Waals surface area contributed by atoms with Gasteiger partial charge < -0.3 is 15.4 Å². The molecule has 126 valence electrons. The van der Waals surface area contributed by atoms with E-state index in [4.69, 9.17) is 4.74 Å². The van der Waals surface area contributed by atoms with Gasteiger partial charge in [-0.25, -0.2) is 8.78 Å². The number of rotatable bonds is 6. The standard InChI is InChI=1S/C17H16F2N2O3/c1-24-13-4-2-3-11(7-13)8-16(22)20-10-17(23)21-12-5-6-14(18)15(19)9-12/h2-7,9H,8,10H2,1H3,(H,20,22)(H,21,23). The summed E-state index contributed by atoms with van der Waals surface area (Å²) in [6, 6.07) is 10.0. The van der Waals surface area contributed by atoms with Crippen LogP contribution in [0.2, 0.25) is 0 Å². The number of nitrogens with one attached hydrogen (secondary N) is 2. The first-order valence-corrected chi connectivity index (χ1v) is 7.12. The number of carbonyl (C=O) groups excluding carboxylic acids is 2. The number of hydrogen-bond donors (Lipinski definition) is 2. The van der Waals surface area contributed by atoms with Gasteiger partial charge in [-0.2, -0.15) is 0 Å². The van der Waals surface area contributed by atoms with E-state index in [1.807, 2.05) is 0 Å². The van der Waals surface area contributed by atoms with Crippen molar-refractivity contribution < 1.29 is 23.1 Å². The SMILES string of the molecule is COc1cccc(CC(=O)NCC(=O)Nc2ccc(F)c(F)c2)c1. The number of benzene rings is 2. The summed E-state index contributed by atoms with van der Waals surface area (Å²) in [5.74, 6) is -2.31. The maximum atomic E-state index is 13.0. The quantitative estimate of drug-likeness (QED) is 0.852.